The molecular formula is C17H24N4O2. The van der Waals surface area contributed by atoms with Crippen LogP contribution in [0.4, 0.5) is 0 Å². The van der Waals surface area contributed by atoms with Gasteiger partial charge in [-0.2, -0.15) is 5.10 Å². The highest BCUT2D eigenvalue weighted by Gasteiger charge is 2.41. The zero-order chi connectivity index (χ0) is 16.3. The quantitative estimate of drug-likeness (QED) is 0.702. The Balaban J connectivity index is 1.72. The summed E-state index contributed by atoms with van der Waals surface area (Å²) in [7, 11) is 0. The van der Waals surface area contributed by atoms with Crippen molar-refractivity contribution in [1.29, 1.82) is 0 Å². The number of hydrogen-bond donors (Lipinski definition) is 3. The third-order valence-corrected chi connectivity index (χ3v) is 4.75. The lowest BCUT2D eigenvalue weighted by atomic mass is 9.80. The van der Waals surface area contributed by atoms with E-state index in [0.29, 0.717) is 31.0 Å². The van der Waals surface area contributed by atoms with E-state index in [4.69, 9.17) is 0 Å². The van der Waals surface area contributed by atoms with Crippen LogP contribution in [0.1, 0.15) is 67.0 Å². The molecule has 124 valence electrons. The Morgan fingerprint density at radius 2 is 2.09 bits per heavy atom. The first-order chi connectivity index (χ1) is 11.1. The average molecular weight is 316 g/mol. The van der Waals surface area contributed by atoms with Gasteiger partial charge in [0.1, 0.15) is 11.2 Å². The number of nitrogens with one attached hydrogen (secondary N) is 3. The van der Waals surface area contributed by atoms with Crippen molar-refractivity contribution < 1.29 is 9.59 Å². The summed E-state index contributed by atoms with van der Waals surface area (Å²) in [5, 5.41) is 12.8. The molecule has 1 aromatic heterocycles. The number of aromatic amines is 1. The van der Waals surface area contributed by atoms with Gasteiger partial charge in [-0.15, -0.1) is 6.58 Å². The summed E-state index contributed by atoms with van der Waals surface area (Å²) < 4.78 is 0. The maximum Gasteiger partial charge on any atom is 0.272 e. The fourth-order valence-corrected chi connectivity index (χ4v) is 3.24. The first kappa shape index (κ1) is 15.8. The minimum Gasteiger partial charge on any atom is -0.351 e. The number of carbonyl (C=O) groups is 2. The van der Waals surface area contributed by atoms with Crippen LogP contribution in [0.25, 0.3) is 0 Å². The minimum atomic E-state index is -0.822. The second-order valence-corrected chi connectivity index (χ2v) is 6.58. The van der Waals surface area contributed by atoms with Crippen molar-refractivity contribution in [2.24, 2.45) is 0 Å². The normalized spacial score (nSPS) is 19.8. The molecule has 0 aliphatic heterocycles. The first-order valence-corrected chi connectivity index (χ1v) is 8.42. The van der Waals surface area contributed by atoms with E-state index < -0.39 is 5.54 Å². The number of carbonyl (C=O) groups excluding carboxylic acids is 2. The van der Waals surface area contributed by atoms with Gasteiger partial charge in [0.25, 0.3) is 5.91 Å². The van der Waals surface area contributed by atoms with E-state index >= 15 is 0 Å². The lowest BCUT2D eigenvalue weighted by Gasteiger charge is -2.36. The number of aromatic nitrogens is 2. The predicted octanol–water partition coefficient (Wildman–Crippen LogP) is 2.02. The second kappa shape index (κ2) is 6.56. The van der Waals surface area contributed by atoms with Crippen LogP contribution in [0, 0.1) is 0 Å². The Morgan fingerprint density at radius 3 is 2.74 bits per heavy atom. The zero-order valence-corrected chi connectivity index (χ0v) is 13.4. The van der Waals surface area contributed by atoms with Crippen molar-refractivity contribution in [3.05, 3.63) is 30.1 Å². The van der Waals surface area contributed by atoms with E-state index in [1.807, 2.05) is 6.07 Å². The van der Waals surface area contributed by atoms with Crippen molar-refractivity contribution in [1.82, 2.24) is 20.8 Å². The molecule has 1 aromatic rings. The van der Waals surface area contributed by atoms with Gasteiger partial charge in [-0.05, 0) is 31.7 Å². The van der Waals surface area contributed by atoms with Crippen LogP contribution in [0.3, 0.4) is 0 Å². The Kier molecular flexibility index (Phi) is 4.50. The number of hydrogen-bond acceptors (Lipinski definition) is 3. The van der Waals surface area contributed by atoms with E-state index in [1.165, 1.54) is 0 Å². The third-order valence-electron chi connectivity index (χ3n) is 4.75. The molecule has 0 unspecified atom stereocenters. The highest BCUT2D eigenvalue weighted by atomic mass is 16.2. The van der Waals surface area contributed by atoms with Crippen molar-refractivity contribution in [2.75, 3.05) is 6.54 Å². The molecule has 0 bridgehead atoms. The van der Waals surface area contributed by atoms with Gasteiger partial charge in [0.05, 0.1) is 0 Å². The number of amides is 2. The van der Waals surface area contributed by atoms with Gasteiger partial charge in [-0.3, -0.25) is 14.7 Å². The van der Waals surface area contributed by atoms with Crippen LogP contribution < -0.4 is 10.6 Å². The highest BCUT2D eigenvalue weighted by Crippen LogP contribution is 2.39. The van der Waals surface area contributed by atoms with Gasteiger partial charge >= 0.3 is 0 Å². The molecule has 23 heavy (non-hydrogen) atoms. The summed E-state index contributed by atoms with van der Waals surface area (Å²) >= 11 is 0. The first-order valence-electron chi connectivity index (χ1n) is 8.42. The minimum absolute atomic E-state index is 0.122. The number of H-pyrrole nitrogens is 1. The van der Waals surface area contributed by atoms with Gasteiger partial charge in [0.2, 0.25) is 5.91 Å². The van der Waals surface area contributed by atoms with Crippen LogP contribution in [0.2, 0.25) is 0 Å². The van der Waals surface area contributed by atoms with E-state index in [2.05, 4.69) is 27.4 Å². The molecule has 0 atom stereocenters. The molecule has 3 N–H and O–H groups in total. The van der Waals surface area contributed by atoms with E-state index in [0.717, 1.165) is 37.8 Å². The molecule has 6 heteroatoms. The standard InChI is InChI=1S/C17H24N4O2/c1-2-10-18-16(23)17(8-4-3-5-9-17)19-15(22)14-11-13(20-21-14)12-6-7-12/h2,11-12H,1,3-10H2,(H,18,23)(H,19,22)(H,20,21). The van der Waals surface area contributed by atoms with Crippen molar-refractivity contribution in [3.63, 3.8) is 0 Å². The summed E-state index contributed by atoms with van der Waals surface area (Å²) in [6, 6.07) is 1.81. The van der Waals surface area contributed by atoms with Crippen LogP contribution in [0.15, 0.2) is 18.7 Å². The van der Waals surface area contributed by atoms with E-state index in [1.54, 1.807) is 6.08 Å². The Labute approximate surface area is 136 Å². The number of nitrogens with zero attached hydrogens (tertiary/aromatic N) is 1. The lowest BCUT2D eigenvalue weighted by Crippen LogP contribution is -2.59. The topological polar surface area (TPSA) is 86.9 Å². The van der Waals surface area contributed by atoms with Gasteiger partial charge in [0, 0.05) is 18.2 Å². The second-order valence-electron chi connectivity index (χ2n) is 6.58. The fourth-order valence-electron chi connectivity index (χ4n) is 3.24. The van der Waals surface area contributed by atoms with Crippen molar-refractivity contribution in [3.8, 4) is 0 Å². The summed E-state index contributed by atoms with van der Waals surface area (Å²) in [6.45, 7) is 4.03. The van der Waals surface area contributed by atoms with Crippen LogP contribution in [-0.2, 0) is 4.79 Å². The molecule has 6 nitrogen and oxygen atoms in total. The molecule has 1 heterocycles. The number of rotatable bonds is 6. The maximum absolute atomic E-state index is 12.6. The molecule has 2 saturated carbocycles. The molecule has 2 fully saturated rings. The van der Waals surface area contributed by atoms with E-state index in [9.17, 15) is 9.59 Å². The molecular weight excluding hydrogens is 292 g/mol. The third kappa shape index (κ3) is 3.46. The summed E-state index contributed by atoms with van der Waals surface area (Å²) in [4.78, 5) is 25.1. The van der Waals surface area contributed by atoms with Gasteiger partial charge in [0.15, 0.2) is 0 Å². The summed E-state index contributed by atoms with van der Waals surface area (Å²) in [5.41, 5.74) is 0.564. The Hall–Kier alpha value is -2.11. The van der Waals surface area contributed by atoms with Gasteiger partial charge < -0.3 is 10.6 Å². The Bertz CT molecular complexity index is 597. The van der Waals surface area contributed by atoms with Crippen LogP contribution in [0.5, 0.6) is 0 Å². The molecule has 0 radical (unpaired) electrons. The largest absolute Gasteiger partial charge is 0.351 e. The fraction of sp³-hybridized carbons (Fsp3) is 0.588. The smallest absolute Gasteiger partial charge is 0.272 e. The van der Waals surface area contributed by atoms with Crippen molar-refractivity contribution in [2.45, 2.75) is 56.4 Å². The molecule has 2 aliphatic carbocycles. The zero-order valence-electron chi connectivity index (χ0n) is 13.4. The lowest BCUT2D eigenvalue weighted by molar-refractivity contribution is -0.128. The van der Waals surface area contributed by atoms with Crippen LogP contribution in [-0.4, -0.2) is 34.1 Å². The maximum atomic E-state index is 12.6. The molecule has 2 amide bonds. The van der Waals surface area contributed by atoms with Crippen LogP contribution >= 0.6 is 0 Å². The summed E-state index contributed by atoms with van der Waals surface area (Å²) in [6.07, 6.45) is 8.26. The monoisotopic (exact) mass is 316 g/mol. The molecule has 2 aliphatic rings. The predicted molar refractivity (Wildman–Crippen MR) is 87.1 cm³/mol. The van der Waals surface area contributed by atoms with E-state index in [-0.39, 0.29) is 11.8 Å². The van der Waals surface area contributed by atoms with Gasteiger partial charge in [-0.25, -0.2) is 0 Å². The highest BCUT2D eigenvalue weighted by molar-refractivity contribution is 5.98. The molecule has 0 aromatic carbocycles. The average Bonchev–Trinajstić information content (AvgIpc) is 3.30. The SMILES string of the molecule is C=CCNC(=O)C1(NC(=O)c2cc(C3CC3)[nH]n2)CCCCC1. The molecule has 3 rings (SSSR count). The van der Waals surface area contributed by atoms with Crippen molar-refractivity contribution >= 4 is 11.8 Å². The summed E-state index contributed by atoms with van der Waals surface area (Å²) in [5.74, 6) is 0.121. The molecule has 0 spiro atoms. The Morgan fingerprint density at radius 1 is 1.35 bits per heavy atom. The molecule has 0 saturated heterocycles. The van der Waals surface area contributed by atoms with Gasteiger partial charge in [-0.1, -0.05) is 25.3 Å².